The summed E-state index contributed by atoms with van der Waals surface area (Å²) in [6.07, 6.45) is 5.83. The van der Waals surface area contributed by atoms with Gasteiger partial charge in [0.25, 0.3) is 0 Å². The minimum Gasteiger partial charge on any atom is -0.348 e. The van der Waals surface area contributed by atoms with Gasteiger partial charge in [-0.05, 0) is 43.4 Å². The third kappa shape index (κ3) is 2.91. The lowest BCUT2D eigenvalue weighted by Crippen LogP contribution is -2.29. The molecule has 2 aliphatic rings. The summed E-state index contributed by atoms with van der Waals surface area (Å²) >= 11 is 1.70. The molecule has 2 aliphatic heterocycles. The van der Waals surface area contributed by atoms with E-state index in [0.717, 1.165) is 47.2 Å². The summed E-state index contributed by atoms with van der Waals surface area (Å²) in [5.41, 5.74) is 3.96. The standard InChI is InChI=1S/C17H21N3O2S2/c1-24(21,22)20-10-7-14-11-13(5-6-16(14)20)15-12-23-17(18-15)19-8-3-2-4-9-19/h5-6,11-12H,2-4,7-10H2,1H3. The van der Waals surface area contributed by atoms with Gasteiger partial charge in [0.1, 0.15) is 0 Å². The summed E-state index contributed by atoms with van der Waals surface area (Å²) in [5, 5.41) is 3.21. The van der Waals surface area contributed by atoms with E-state index in [2.05, 4.69) is 16.3 Å². The highest BCUT2D eigenvalue weighted by atomic mass is 32.2. The number of piperidine rings is 1. The van der Waals surface area contributed by atoms with Crippen LogP contribution in [-0.2, 0) is 16.4 Å². The molecule has 128 valence electrons. The summed E-state index contributed by atoms with van der Waals surface area (Å²) < 4.78 is 25.2. The van der Waals surface area contributed by atoms with Crippen LogP contribution in [0.1, 0.15) is 24.8 Å². The summed E-state index contributed by atoms with van der Waals surface area (Å²) in [5.74, 6) is 0. The molecule has 2 aromatic rings. The first-order valence-corrected chi connectivity index (χ1v) is 11.1. The van der Waals surface area contributed by atoms with E-state index in [4.69, 9.17) is 4.98 Å². The second kappa shape index (κ2) is 6.04. The Morgan fingerprint density at radius 2 is 1.92 bits per heavy atom. The first-order chi connectivity index (χ1) is 11.5. The number of aromatic nitrogens is 1. The lowest BCUT2D eigenvalue weighted by molar-refractivity contribution is 0.577. The van der Waals surface area contributed by atoms with Crippen LogP contribution in [0.4, 0.5) is 10.8 Å². The van der Waals surface area contributed by atoms with Gasteiger partial charge in [-0.3, -0.25) is 4.31 Å². The molecule has 1 fully saturated rings. The van der Waals surface area contributed by atoms with E-state index in [1.807, 2.05) is 12.1 Å². The van der Waals surface area contributed by atoms with Gasteiger partial charge in [-0.25, -0.2) is 13.4 Å². The lowest BCUT2D eigenvalue weighted by atomic mass is 10.1. The molecule has 24 heavy (non-hydrogen) atoms. The maximum atomic E-state index is 11.8. The molecule has 0 spiro atoms. The van der Waals surface area contributed by atoms with Crippen molar-refractivity contribution in [2.75, 3.05) is 35.1 Å². The summed E-state index contributed by atoms with van der Waals surface area (Å²) in [6.45, 7) is 2.73. The van der Waals surface area contributed by atoms with Gasteiger partial charge in [0.15, 0.2) is 5.13 Å². The highest BCUT2D eigenvalue weighted by Crippen LogP contribution is 2.35. The van der Waals surface area contributed by atoms with Crippen LogP contribution in [0.15, 0.2) is 23.6 Å². The van der Waals surface area contributed by atoms with Crippen LogP contribution in [0, 0.1) is 0 Å². The summed E-state index contributed by atoms with van der Waals surface area (Å²) in [6, 6.07) is 5.99. The lowest BCUT2D eigenvalue weighted by Gasteiger charge is -2.25. The minimum absolute atomic E-state index is 0.535. The highest BCUT2D eigenvalue weighted by molar-refractivity contribution is 7.92. The normalized spacial score (nSPS) is 18.0. The minimum atomic E-state index is -3.19. The molecule has 0 N–H and O–H groups in total. The number of anilines is 2. The molecule has 0 aliphatic carbocycles. The number of nitrogens with zero attached hydrogens (tertiary/aromatic N) is 3. The predicted molar refractivity (Wildman–Crippen MR) is 99.5 cm³/mol. The highest BCUT2D eigenvalue weighted by Gasteiger charge is 2.26. The fourth-order valence-corrected chi connectivity index (χ4v) is 5.35. The second-order valence-electron chi connectivity index (χ2n) is 6.49. The predicted octanol–water partition coefficient (Wildman–Crippen LogP) is 3.12. The first kappa shape index (κ1) is 15.9. The number of hydrogen-bond acceptors (Lipinski definition) is 5. The molecule has 0 unspecified atom stereocenters. The van der Waals surface area contributed by atoms with Crippen molar-refractivity contribution in [3.63, 3.8) is 0 Å². The number of fused-ring (bicyclic) bond motifs is 1. The molecular formula is C17H21N3O2S2. The molecular weight excluding hydrogens is 342 g/mol. The van der Waals surface area contributed by atoms with Crippen LogP contribution in [0.3, 0.4) is 0 Å². The van der Waals surface area contributed by atoms with E-state index < -0.39 is 10.0 Å². The van der Waals surface area contributed by atoms with E-state index in [9.17, 15) is 8.42 Å². The Morgan fingerprint density at radius 3 is 2.67 bits per heavy atom. The van der Waals surface area contributed by atoms with Crippen molar-refractivity contribution >= 4 is 32.2 Å². The van der Waals surface area contributed by atoms with Gasteiger partial charge in [0.05, 0.1) is 17.6 Å². The Bertz CT molecular complexity index is 854. The Labute approximate surface area is 147 Å². The fourth-order valence-electron chi connectivity index (χ4n) is 3.50. The maximum absolute atomic E-state index is 11.8. The van der Waals surface area contributed by atoms with E-state index in [1.165, 1.54) is 29.8 Å². The van der Waals surface area contributed by atoms with E-state index in [0.29, 0.717) is 6.54 Å². The first-order valence-electron chi connectivity index (χ1n) is 8.34. The van der Waals surface area contributed by atoms with Crippen LogP contribution in [0.5, 0.6) is 0 Å². The molecule has 0 radical (unpaired) electrons. The third-order valence-electron chi connectivity index (χ3n) is 4.75. The quantitative estimate of drug-likeness (QED) is 0.841. The zero-order valence-corrected chi connectivity index (χ0v) is 15.4. The Hall–Kier alpha value is -1.60. The van der Waals surface area contributed by atoms with Crippen molar-refractivity contribution in [2.24, 2.45) is 0 Å². The van der Waals surface area contributed by atoms with Gasteiger partial charge in [-0.1, -0.05) is 6.07 Å². The fraction of sp³-hybridized carbons (Fsp3) is 0.471. The maximum Gasteiger partial charge on any atom is 0.232 e. The van der Waals surface area contributed by atoms with Crippen LogP contribution in [-0.4, -0.2) is 39.3 Å². The number of sulfonamides is 1. The SMILES string of the molecule is CS(=O)(=O)N1CCc2cc(-c3csc(N4CCCCC4)n3)ccc21. The average molecular weight is 364 g/mol. The zero-order valence-electron chi connectivity index (χ0n) is 13.7. The molecule has 1 aromatic carbocycles. The number of hydrogen-bond donors (Lipinski definition) is 0. The number of rotatable bonds is 3. The van der Waals surface area contributed by atoms with Crippen molar-refractivity contribution in [2.45, 2.75) is 25.7 Å². The third-order valence-corrected chi connectivity index (χ3v) is 6.83. The van der Waals surface area contributed by atoms with Crippen molar-refractivity contribution in [3.05, 3.63) is 29.1 Å². The van der Waals surface area contributed by atoms with Crippen LogP contribution >= 0.6 is 11.3 Å². The summed E-state index contributed by atoms with van der Waals surface area (Å²) in [7, 11) is -3.19. The summed E-state index contributed by atoms with van der Waals surface area (Å²) in [4.78, 5) is 7.18. The number of benzene rings is 1. The second-order valence-corrected chi connectivity index (χ2v) is 9.24. The Morgan fingerprint density at radius 1 is 1.12 bits per heavy atom. The molecule has 0 atom stereocenters. The van der Waals surface area contributed by atoms with E-state index >= 15 is 0 Å². The number of thiazole rings is 1. The van der Waals surface area contributed by atoms with Gasteiger partial charge in [0, 0.05) is 30.6 Å². The van der Waals surface area contributed by atoms with Crippen LogP contribution in [0.25, 0.3) is 11.3 Å². The van der Waals surface area contributed by atoms with E-state index in [-0.39, 0.29) is 0 Å². The molecule has 0 amide bonds. The molecule has 7 heteroatoms. The smallest absolute Gasteiger partial charge is 0.232 e. The average Bonchev–Trinajstić information content (AvgIpc) is 3.21. The van der Waals surface area contributed by atoms with Gasteiger partial charge < -0.3 is 4.90 Å². The molecule has 1 saturated heterocycles. The van der Waals surface area contributed by atoms with Gasteiger partial charge in [-0.15, -0.1) is 11.3 Å². The molecule has 5 nitrogen and oxygen atoms in total. The monoisotopic (exact) mass is 363 g/mol. The van der Waals surface area contributed by atoms with Gasteiger partial charge >= 0.3 is 0 Å². The van der Waals surface area contributed by atoms with Crippen molar-refractivity contribution in [1.82, 2.24) is 4.98 Å². The molecule has 4 rings (SSSR count). The topological polar surface area (TPSA) is 53.5 Å². The molecule has 0 bridgehead atoms. The van der Waals surface area contributed by atoms with Crippen molar-refractivity contribution in [3.8, 4) is 11.3 Å². The van der Waals surface area contributed by atoms with Gasteiger partial charge in [0.2, 0.25) is 10.0 Å². The van der Waals surface area contributed by atoms with Gasteiger partial charge in [-0.2, -0.15) is 0 Å². The largest absolute Gasteiger partial charge is 0.348 e. The Balaban J connectivity index is 1.61. The Kier molecular flexibility index (Phi) is 4.00. The van der Waals surface area contributed by atoms with Crippen LogP contribution < -0.4 is 9.21 Å². The molecule has 3 heterocycles. The molecule has 1 aromatic heterocycles. The van der Waals surface area contributed by atoms with E-state index in [1.54, 1.807) is 11.3 Å². The van der Waals surface area contributed by atoms with Crippen LogP contribution in [0.2, 0.25) is 0 Å². The molecule has 0 saturated carbocycles. The van der Waals surface area contributed by atoms with Crippen molar-refractivity contribution in [1.29, 1.82) is 0 Å². The van der Waals surface area contributed by atoms with Crippen molar-refractivity contribution < 1.29 is 8.42 Å². The zero-order chi connectivity index (χ0) is 16.7.